The van der Waals surface area contributed by atoms with Gasteiger partial charge in [-0.05, 0) is 45.7 Å². The first-order valence-corrected chi connectivity index (χ1v) is 6.73. The van der Waals surface area contributed by atoms with Crippen LogP contribution in [0.15, 0.2) is 18.2 Å². The van der Waals surface area contributed by atoms with Gasteiger partial charge in [0.05, 0.1) is 6.04 Å². The predicted octanol–water partition coefficient (Wildman–Crippen LogP) is 3.46. The molecule has 1 rings (SSSR count). The zero-order valence-electron chi connectivity index (χ0n) is 12.8. The monoisotopic (exact) mass is 277 g/mol. The Balaban J connectivity index is 2.89. The minimum atomic E-state index is -0.557. The molecule has 0 aromatic heterocycles. The molecule has 4 heteroatoms. The van der Waals surface area contributed by atoms with E-state index < -0.39 is 11.7 Å². The van der Waals surface area contributed by atoms with E-state index in [0.717, 1.165) is 23.0 Å². The Bertz CT molecular complexity index is 489. The van der Waals surface area contributed by atoms with Crippen molar-refractivity contribution in [3.63, 3.8) is 0 Å². The summed E-state index contributed by atoms with van der Waals surface area (Å²) in [6, 6.07) is 5.58. The summed E-state index contributed by atoms with van der Waals surface area (Å²) in [6.45, 7) is 9.39. The summed E-state index contributed by atoms with van der Waals surface area (Å²) in [6.07, 6.45) is 0.522. The first kappa shape index (κ1) is 16.2. The summed E-state index contributed by atoms with van der Waals surface area (Å²) in [5.41, 5.74) is 2.58. The summed E-state index contributed by atoms with van der Waals surface area (Å²) < 4.78 is 5.23. The SMILES string of the molecule is Cc1ccc([C@H](CC=O)NC(=O)OC(C)(C)C)c(C)c1. The standard InChI is InChI=1S/C16H23NO3/c1-11-6-7-13(12(2)10-11)14(8-9-18)17-15(19)20-16(3,4)5/h6-7,9-10,14H,8H2,1-5H3,(H,17,19)/t14-/m0/s1. The van der Waals surface area contributed by atoms with Crippen LogP contribution in [0.25, 0.3) is 0 Å². The second-order valence-corrected chi connectivity index (χ2v) is 5.96. The van der Waals surface area contributed by atoms with Crippen molar-refractivity contribution in [3.05, 3.63) is 34.9 Å². The van der Waals surface area contributed by atoms with Crippen LogP contribution in [-0.4, -0.2) is 18.0 Å². The molecule has 110 valence electrons. The number of carbonyl (C=O) groups excluding carboxylic acids is 2. The van der Waals surface area contributed by atoms with Crippen molar-refractivity contribution >= 4 is 12.4 Å². The molecule has 0 aliphatic carbocycles. The summed E-state index contributed by atoms with van der Waals surface area (Å²) in [4.78, 5) is 22.7. The van der Waals surface area contributed by atoms with Gasteiger partial charge in [-0.2, -0.15) is 0 Å². The zero-order chi connectivity index (χ0) is 15.3. The molecule has 0 aliphatic rings. The summed E-state index contributed by atoms with van der Waals surface area (Å²) >= 11 is 0. The summed E-state index contributed by atoms with van der Waals surface area (Å²) in [5, 5.41) is 2.76. The maximum absolute atomic E-state index is 11.8. The molecule has 1 N–H and O–H groups in total. The number of alkyl carbamates (subject to hydrolysis) is 1. The van der Waals surface area contributed by atoms with Crippen LogP contribution in [0.3, 0.4) is 0 Å². The highest BCUT2D eigenvalue weighted by atomic mass is 16.6. The average Bonchev–Trinajstić information content (AvgIpc) is 2.25. The van der Waals surface area contributed by atoms with Crippen LogP contribution in [0.2, 0.25) is 0 Å². The van der Waals surface area contributed by atoms with Gasteiger partial charge in [-0.3, -0.25) is 0 Å². The lowest BCUT2D eigenvalue weighted by Crippen LogP contribution is -2.35. The van der Waals surface area contributed by atoms with E-state index in [0.29, 0.717) is 0 Å². The first-order chi connectivity index (χ1) is 9.23. The molecule has 0 radical (unpaired) electrons. The molecule has 0 saturated carbocycles. The normalized spacial score (nSPS) is 12.7. The van der Waals surface area contributed by atoms with Gasteiger partial charge in [0.1, 0.15) is 11.9 Å². The zero-order valence-corrected chi connectivity index (χ0v) is 12.8. The number of aryl methyl sites for hydroxylation is 2. The number of ether oxygens (including phenoxy) is 1. The highest BCUT2D eigenvalue weighted by Gasteiger charge is 2.21. The molecule has 1 aromatic carbocycles. The molecular formula is C16H23NO3. The highest BCUT2D eigenvalue weighted by Crippen LogP contribution is 2.22. The van der Waals surface area contributed by atoms with E-state index in [1.165, 1.54) is 0 Å². The van der Waals surface area contributed by atoms with Crippen LogP contribution in [-0.2, 0) is 9.53 Å². The quantitative estimate of drug-likeness (QED) is 0.857. The second kappa shape index (κ2) is 6.55. The van der Waals surface area contributed by atoms with Gasteiger partial charge >= 0.3 is 6.09 Å². The molecular weight excluding hydrogens is 254 g/mol. The largest absolute Gasteiger partial charge is 0.444 e. The van der Waals surface area contributed by atoms with Crippen molar-refractivity contribution < 1.29 is 14.3 Å². The maximum atomic E-state index is 11.8. The van der Waals surface area contributed by atoms with Crippen LogP contribution in [0.5, 0.6) is 0 Å². The van der Waals surface area contributed by atoms with Gasteiger partial charge in [0.15, 0.2) is 0 Å². The van der Waals surface area contributed by atoms with E-state index in [1.807, 2.05) is 32.0 Å². The Hall–Kier alpha value is -1.84. The Morgan fingerprint density at radius 3 is 2.50 bits per heavy atom. The van der Waals surface area contributed by atoms with E-state index in [4.69, 9.17) is 4.74 Å². The van der Waals surface area contributed by atoms with Crippen molar-refractivity contribution in [2.75, 3.05) is 0 Å². The fourth-order valence-electron chi connectivity index (χ4n) is 2.03. The van der Waals surface area contributed by atoms with Crippen LogP contribution in [0.1, 0.15) is 49.9 Å². The lowest BCUT2D eigenvalue weighted by atomic mass is 9.97. The predicted molar refractivity (Wildman–Crippen MR) is 78.7 cm³/mol. The maximum Gasteiger partial charge on any atom is 0.408 e. The van der Waals surface area contributed by atoms with Gasteiger partial charge in [0, 0.05) is 6.42 Å². The third-order valence-corrected chi connectivity index (χ3v) is 2.82. The molecule has 4 nitrogen and oxygen atoms in total. The van der Waals surface area contributed by atoms with Gasteiger partial charge in [-0.1, -0.05) is 23.8 Å². The van der Waals surface area contributed by atoms with E-state index in [9.17, 15) is 9.59 Å². The minimum Gasteiger partial charge on any atom is -0.444 e. The fraction of sp³-hybridized carbons (Fsp3) is 0.500. The molecule has 0 spiro atoms. The van der Waals surface area contributed by atoms with Crippen LogP contribution < -0.4 is 5.32 Å². The molecule has 1 amide bonds. The molecule has 20 heavy (non-hydrogen) atoms. The van der Waals surface area contributed by atoms with Gasteiger partial charge in [-0.15, -0.1) is 0 Å². The van der Waals surface area contributed by atoms with E-state index in [1.54, 1.807) is 20.8 Å². The van der Waals surface area contributed by atoms with Gasteiger partial charge in [-0.25, -0.2) is 4.79 Å². The number of amides is 1. The smallest absolute Gasteiger partial charge is 0.408 e. The first-order valence-electron chi connectivity index (χ1n) is 6.73. The molecule has 0 unspecified atom stereocenters. The van der Waals surface area contributed by atoms with E-state index in [2.05, 4.69) is 5.32 Å². The molecule has 0 fully saturated rings. The fourth-order valence-corrected chi connectivity index (χ4v) is 2.03. The number of carbonyl (C=O) groups is 2. The van der Waals surface area contributed by atoms with Crippen molar-refractivity contribution in [1.82, 2.24) is 5.32 Å². The summed E-state index contributed by atoms with van der Waals surface area (Å²) in [7, 11) is 0. The van der Waals surface area contributed by atoms with E-state index in [-0.39, 0.29) is 12.5 Å². The number of rotatable bonds is 4. The molecule has 0 heterocycles. The Labute approximate surface area is 120 Å². The van der Waals surface area contributed by atoms with Crippen LogP contribution in [0.4, 0.5) is 4.79 Å². The van der Waals surface area contributed by atoms with Gasteiger partial charge in [0.2, 0.25) is 0 Å². The van der Waals surface area contributed by atoms with Crippen molar-refractivity contribution in [1.29, 1.82) is 0 Å². The van der Waals surface area contributed by atoms with Gasteiger partial charge < -0.3 is 14.8 Å². The van der Waals surface area contributed by atoms with Gasteiger partial charge in [0.25, 0.3) is 0 Å². The molecule has 0 saturated heterocycles. The van der Waals surface area contributed by atoms with Crippen LogP contribution in [0, 0.1) is 13.8 Å². The number of nitrogens with one attached hydrogen (secondary N) is 1. The second-order valence-electron chi connectivity index (χ2n) is 5.96. The topological polar surface area (TPSA) is 55.4 Å². The van der Waals surface area contributed by atoms with Crippen molar-refractivity contribution in [2.45, 2.75) is 52.7 Å². The number of hydrogen-bond acceptors (Lipinski definition) is 3. The lowest BCUT2D eigenvalue weighted by molar-refractivity contribution is -0.108. The molecule has 1 atom stereocenters. The Morgan fingerprint density at radius 2 is 2.00 bits per heavy atom. The average molecular weight is 277 g/mol. The van der Waals surface area contributed by atoms with Crippen LogP contribution >= 0.6 is 0 Å². The van der Waals surface area contributed by atoms with Crippen molar-refractivity contribution in [3.8, 4) is 0 Å². The molecule has 0 aliphatic heterocycles. The number of aldehydes is 1. The number of benzene rings is 1. The minimum absolute atomic E-state index is 0.225. The van der Waals surface area contributed by atoms with E-state index >= 15 is 0 Å². The third kappa shape index (κ3) is 5.03. The summed E-state index contributed by atoms with van der Waals surface area (Å²) in [5.74, 6) is 0. The Morgan fingerprint density at radius 1 is 1.35 bits per heavy atom. The Kier molecular flexibility index (Phi) is 5.31. The lowest BCUT2D eigenvalue weighted by Gasteiger charge is -2.24. The number of hydrogen-bond donors (Lipinski definition) is 1. The third-order valence-electron chi connectivity index (χ3n) is 2.82. The van der Waals surface area contributed by atoms with Crippen molar-refractivity contribution in [2.24, 2.45) is 0 Å². The molecule has 1 aromatic rings. The molecule has 0 bridgehead atoms. The highest BCUT2D eigenvalue weighted by molar-refractivity contribution is 5.69.